The van der Waals surface area contributed by atoms with Gasteiger partial charge in [0.15, 0.2) is 5.82 Å². The molecule has 2 heterocycles. The average Bonchev–Trinajstić information content (AvgIpc) is 1.76. The van der Waals surface area contributed by atoms with Crippen molar-refractivity contribution in [3.63, 3.8) is 0 Å². The Bertz CT molecular complexity index is 4230. The summed E-state index contributed by atoms with van der Waals surface area (Å²) in [5.74, 6) is 0.630. The summed E-state index contributed by atoms with van der Waals surface area (Å²) in [5, 5.41) is 0. The van der Waals surface area contributed by atoms with Crippen LogP contribution in [0.3, 0.4) is 0 Å². The predicted molar refractivity (Wildman–Crippen MR) is 350 cm³/mol. The molecule has 0 aliphatic rings. The van der Waals surface area contributed by atoms with Crippen LogP contribution < -0.4 is 0 Å². The molecule has 394 valence electrons. The molecule has 0 atom stereocenters. The smallest absolute Gasteiger partial charge is 0.160 e. The van der Waals surface area contributed by atoms with Gasteiger partial charge in [-0.25, -0.2) is 15.0 Å². The summed E-state index contributed by atoms with van der Waals surface area (Å²) in [6, 6.07) is 119. The summed E-state index contributed by atoms with van der Waals surface area (Å²) < 4.78 is 0. The maximum absolute atomic E-state index is 5.70. The lowest BCUT2D eigenvalue weighted by Crippen LogP contribution is -2.01. The molecule has 0 amide bonds. The van der Waals surface area contributed by atoms with Crippen LogP contribution in [-0.2, 0) is 0 Å². The van der Waals surface area contributed by atoms with Crippen LogP contribution in [0.15, 0.2) is 334 Å². The van der Waals surface area contributed by atoms with E-state index in [2.05, 4.69) is 334 Å². The fourth-order valence-corrected chi connectivity index (χ4v) is 11.6. The summed E-state index contributed by atoms with van der Waals surface area (Å²) in [4.78, 5) is 16.9. The number of benzene rings is 12. The van der Waals surface area contributed by atoms with Gasteiger partial charge >= 0.3 is 0 Å². The van der Waals surface area contributed by atoms with Crippen LogP contribution in [0, 0.1) is 0 Å². The van der Waals surface area contributed by atoms with Crippen LogP contribution >= 0.6 is 0 Å². The predicted octanol–water partition coefficient (Wildman–Crippen LogP) is 21.5. The van der Waals surface area contributed by atoms with Crippen molar-refractivity contribution in [3.05, 3.63) is 334 Å². The monoisotopic (exact) mass is 1070 g/mol. The molecule has 14 aromatic rings. The second-order valence-corrected chi connectivity index (χ2v) is 21.1. The molecule has 0 radical (unpaired) electrons. The minimum absolute atomic E-state index is 0.630. The van der Waals surface area contributed by atoms with Gasteiger partial charge in [-0.15, -0.1) is 0 Å². The van der Waals surface area contributed by atoms with Crippen LogP contribution in [-0.4, -0.2) is 15.0 Å². The number of hydrogen-bond donors (Lipinski definition) is 0. The number of pyridine rings is 1. The molecular weight excluding hydrogens is 1010 g/mol. The fraction of sp³-hybridized carbons (Fsp3) is 0. The van der Waals surface area contributed by atoms with Crippen molar-refractivity contribution in [2.75, 3.05) is 0 Å². The Morgan fingerprint density at radius 1 is 0.143 bits per heavy atom. The Balaban J connectivity index is 0.979. The topological polar surface area (TPSA) is 38.7 Å². The minimum Gasteiger partial charge on any atom is -0.246 e. The Hall–Kier alpha value is -11.1. The van der Waals surface area contributed by atoms with Gasteiger partial charge in [0.05, 0.1) is 22.8 Å². The Labute approximate surface area is 491 Å². The van der Waals surface area contributed by atoms with Crippen LogP contribution in [0.25, 0.3) is 145 Å². The van der Waals surface area contributed by atoms with Crippen molar-refractivity contribution in [3.8, 4) is 145 Å². The molecule has 0 unspecified atom stereocenters. The Morgan fingerprint density at radius 3 is 0.738 bits per heavy atom. The molecule has 2 aromatic heterocycles. The normalized spacial score (nSPS) is 11.1. The SMILES string of the molecule is c1ccc(-c2cc(-c3ccccc3)cc(-c3cc(-c4cc(-c5ccccc5)cc(-c5ccccc5)c4)nc(-c4cccc(-c5cccc(-c6c(-c7ccccc7)c(-c7ccccc7)nc(-c7ccccc7)c6-c6ccccc6)c5)c4)n3)c2)cc1. The van der Waals surface area contributed by atoms with Crippen LogP contribution in [0.4, 0.5) is 0 Å². The summed E-state index contributed by atoms with van der Waals surface area (Å²) in [6.45, 7) is 0. The highest BCUT2D eigenvalue weighted by Gasteiger charge is 2.26. The minimum atomic E-state index is 0.630. The zero-order valence-corrected chi connectivity index (χ0v) is 46.1. The highest BCUT2D eigenvalue weighted by molar-refractivity contribution is 6.05. The van der Waals surface area contributed by atoms with E-state index in [0.717, 1.165) is 140 Å². The van der Waals surface area contributed by atoms with E-state index >= 15 is 0 Å². The largest absolute Gasteiger partial charge is 0.246 e. The highest BCUT2D eigenvalue weighted by Crippen LogP contribution is 2.49. The fourth-order valence-electron chi connectivity index (χ4n) is 11.6. The molecule has 0 aliphatic carbocycles. The number of rotatable bonds is 13. The zero-order valence-electron chi connectivity index (χ0n) is 46.1. The third-order valence-electron chi connectivity index (χ3n) is 15.6. The van der Waals surface area contributed by atoms with Crippen LogP contribution in [0.5, 0.6) is 0 Å². The van der Waals surface area contributed by atoms with E-state index in [9.17, 15) is 0 Å². The van der Waals surface area contributed by atoms with Crippen molar-refractivity contribution in [2.45, 2.75) is 0 Å². The van der Waals surface area contributed by atoms with Gasteiger partial charge in [-0.05, 0) is 127 Å². The standard InChI is InChI=1S/C81H55N3/c1-9-27-56(28-10-1)68-49-69(57-29-11-2-12-30-57)52-72(51-68)74-55-75(73-53-70(58-31-13-3-14-32-58)50-71(54-73)59-33-15-4-16-34-59)83-81(82-74)67-46-26-44-65(48-67)64-43-25-45-66(47-64)76-77(60-35-17-5-18-36-60)79(62-39-21-7-22-40-62)84-80(63-41-23-8-24-42-63)78(76)61-37-19-6-20-38-61/h1-55H. The summed E-state index contributed by atoms with van der Waals surface area (Å²) in [7, 11) is 0. The molecule has 84 heavy (non-hydrogen) atoms. The van der Waals surface area contributed by atoms with E-state index in [0.29, 0.717) is 5.82 Å². The quantitative estimate of drug-likeness (QED) is 0.115. The average molecular weight is 1070 g/mol. The molecular formula is C81H55N3. The van der Waals surface area contributed by atoms with Gasteiger partial charge in [0, 0.05) is 44.5 Å². The Kier molecular flexibility index (Phi) is 14.1. The molecule has 0 spiro atoms. The van der Waals surface area contributed by atoms with Crippen molar-refractivity contribution in [1.29, 1.82) is 0 Å². The second-order valence-electron chi connectivity index (χ2n) is 21.1. The molecule has 0 saturated carbocycles. The summed E-state index contributed by atoms with van der Waals surface area (Å²) in [6.07, 6.45) is 0. The molecule has 0 saturated heterocycles. The van der Waals surface area contributed by atoms with Gasteiger partial charge in [-0.1, -0.05) is 279 Å². The third kappa shape index (κ3) is 10.6. The molecule has 0 N–H and O–H groups in total. The molecule has 3 heteroatoms. The molecule has 0 fully saturated rings. The van der Waals surface area contributed by atoms with Crippen molar-refractivity contribution >= 4 is 0 Å². The third-order valence-corrected chi connectivity index (χ3v) is 15.6. The van der Waals surface area contributed by atoms with E-state index in [1.54, 1.807) is 0 Å². The number of nitrogens with zero attached hydrogens (tertiary/aromatic N) is 3. The van der Waals surface area contributed by atoms with Gasteiger partial charge in [-0.3, -0.25) is 0 Å². The number of hydrogen-bond acceptors (Lipinski definition) is 3. The van der Waals surface area contributed by atoms with Crippen molar-refractivity contribution < 1.29 is 0 Å². The lowest BCUT2D eigenvalue weighted by molar-refractivity contribution is 1.18. The van der Waals surface area contributed by atoms with Gasteiger partial charge < -0.3 is 0 Å². The van der Waals surface area contributed by atoms with E-state index < -0.39 is 0 Å². The zero-order chi connectivity index (χ0) is 56.0. The lowest BCUT2D eigenvalue weighted by atomic mass is 9.82. The molecule has 0 aliphatic heterocycles. The van der Waals surface area contributed by atoms with Crippen molar-refractivity contribution in [2.24, 2.45) is 0 Å². The van der Waals surface area contributed by atoms with Gasteiger partial charge in [-0.2, -0.15) is 0 Å². The van der Waals surface area contributed by atoms with Gasteiger partial charge in [0.1, 0.15) is 0 Å². The first-order valence-electron chi connectivity index (χ1n) is 28.6. The summed E-state index contributed by atoms with van der Waals surface area (Å²) in [5.41, 5.74) is 26.1. The lowest BCUT2D eigenvalue weighted by Gasteiger charge is -2.23. The molecule has 3 nitrogen and oxygen atoms in total. The maximum Gasteiger partial charge on any atom is 0.160 e. The Morgan fingerprint density at radius 2 is 0.393 bits per heavy atom. The first-order chi connectivity index (χ1) is 41.6. The first kappa shape index (κ1) is 51.0. The van der Waals surface area contributed by atoms with Crippen molar-refractivity contribution in [1.82, 2.24) is 15.0 Å². The van der Waals surface area contributed by atoms with Crippen LogP contribution in [0.2, 0.25) is 0 Å². The van der Waals surface area contributed by atoms with Gasteiger partial charge in [0.2, 0.25) is 0 Å². The van der Waals surface area contributed by atoms with E-state index in [-0.39, 0.29) is 0 Å². The highest BCUT2D eigenvalue weighted by atomic mass is 14.9. The molecule has 14 rings (SSSR count). The first-order valence-corrected chi connectivity index (χ1v) is 28.6. The molecule has 12 aromatic carbocycles. The number of aromatic nitrogens is 3. The second kappa shape index (κ2) is 23.2. The van der Waals surface area contributed by atoms with Gasteiger partial charge in [0.25, 0.3) is 0 Å². The van der Waals surface area contributed by atoms with E-state index in [1.165, 1.54) is 0 Å². The van der Waals surface area contributed by atoms with Crippen LogP contribution in [0.1, 0.15) is 0 Å². The summed E-state index contributed by atoms with van der Waals surface area (Å²) >= 11 is 0. The maximum atomic E-state index is 5.70. The van der Waals surface area contributed by atoms with E-state index in [1.807, 2.05) is 0 Å². The molecule has 0 bridgehead atoms. The van der Waals surface area contributed by atoms with E-state index in [4.69, 9.17) is 15.0 Å².